The van der Waals surface area contributed by atoms with E-state index in [0.29, 0.717) is 16.9 Å². The maximum atomic E-state index is 13.4. The molecule has 1 aliphatic rings. The van der Waals surface area contributed by atoms with E-state index in [1.54, 1.807) is 22.9 Å². The Morgan fingerprint density at radius 2 is 1.63 bits per heavy atom. The van der Waals surface area contributed by atoms with Crippen molar-refractivity contribution in [3.8, 4) is 0 Å². The van der Waals surface area contributed by atoms with Gasteiger partial charge in [-0.25, -0.2) is 9.69 Å². The molecule has 5 amide bonds. The highest BCUT2D eigenvalue weighted by Crippen LogP contribution is 2.27. The lowest BCUT2D eigenvalue weighted by molar-refractivity contribution is -0.122. The molecule has 1 saturated heterocycles. The Morgan fingerprint density at radius 1 is 0.895 bits per heavy atom. The number of aryl methyl sites for hydroxylation is 3. The molecule has 5 rings (SSSR count). The van der Waals surface area contributed by atoms with Gasteiger partial charge in [0.05, 0.1) is 5.69 Å². The second-order valence-corrected chi connectivity index (χ2v) is 9.45. The number of hydrogen-bond acceptors (Lipinski definition) is 4. The zero-order valence-electron chi connectivity index (χ0n) is 21.2. The molecule has 38 heavy (non-hydrogen) atoms. The lowest BCUT2D eigenvalue weighted by Crippen LogP contribution is -2.54. The van der Waals surface area contributed by atoms with Crippen molar-refractivity contribution in [1.29, 1.82) is 0 Å². The van der Waals surface area contributed by atoms with Gasteiger partial charge in [0.1, 0.15) is 12.1 Å². The number of carbonyl (C=O) groups is 4. The van der Waals surface area contributed by atoms with Crippen molar-refractivity contribution in [2.75, 3.05) is 10.2 Å². The van der Waals surface area contributed by atoms with Gasteiger partial charge in [0.2, 0.25) is 5.91 Å². The number of rotatable bonds is 5. The minimum atomic E-state index is -0.794. The van der Waals surface area contributed by atoms with E-state index < -0.39 is 17.8 Å². The summed E-state index contributed by atoms with van der Waals surface area (Å²) in [7, 11) is 0. The molecule has 0 aliphatic carbocycles. The van der Waals surface area contributed by atoms with E-state index in [2.05, 4.69) is 10.6 Å². The largest absolute Gasteiger partial charge is 0.337 e. The van der Waals surface area contributed by atoms with Crippen LogP contribution in [0, 0.1) is 20.8 Å². The van der Waals surface area contributed by atoms with E-state index in [0.717, 1.165) is 32.5 Å². The average molecular weight is 507 g/mol. The van der Waals surface area contributed by atoms with E-state index in [4.69, 9.17) is 0 Å². The first-order valence-electron chi connectivity index (χ1n) is 12.1. The zero-order chi connectivity index (χ0) is 27.0. The van der Waals surface area contributed by atoms with Gasteiger partial charge in [-0.2, -0.15) is 0 Å². The number of nitrogens with one attached hydrogen (secondary N) is 2. The quantitative estimate of drug-likeness (QED) is 0.298. The van der Waals surface area contributed by atoms with Gasteiger partial charge in [0.25, 0.3) is 11.8 Å². The summed E-state index contributed by atoms with van der Waals surface area (Å²) in [4.78, 5) is 52.6. The molecule has 0 radical (unpaired) electrons. The normalized spacial score (nSPS) is 14.8. The molecule has 2 heterocycles. The Balaban J connectivity index is 1.49. The summed E-state index contributed by atoms with van der Waals surface area (Å²) in [6, 6.07) is 19.5. The highest BCUT2D eigenvalue weighted by molar-refractivity contribution is 6.39. The second-order valence-electron chi connectivity index (χ2n) is 9.45. The van der Waals surface area contributed by atoms with Gasteiger partial charge in [-0.15, -0.1) is 0 Å². The first-order valence-corrected chi connectivity index (χ1v) is 12.1. The molecule has 0 spiro atoms. The molecule has 3 aromatic carbocycles. The highest BCUT2D eigenvalue weighted by atomic mass is 16.2. The molecule has 1 fully saturated rings. The summed E-state index contributed by atoms with van der Waals surface area (Å²) >= 11 is 0. The van der Waals surface area contributed by atoms with Crippen LogP contribution in [0.2, 0.25) is 0 Å². The summed E-state index contributed by atoms with van der Waals surface area (Å²) in [5, 5.41) is 5.94. The van der Waals surface area contributed by atoms with Crippen LogP contribution in [0.15, 0.2) is 78.5 Å². The van der Waals surface area contributed by atoms with Crippen molar-refractivity contribution in [2.24, 2.45) is 0 Å². The third kappa shape index (κ3) is 4.84. The number of benzene rings is 3. The first-order chi connectivity index (χ1) is 18.2. The third-order valence-corrected chi connectivity index (χ3v) is 6.30. The Kier molecular flexibility index (Phi) is 6.38. The van der Waals surface area contributed by atoms with Crippen molar-refractivity contribution < 1.29 is 19.2 Å². The minimum Gasteiger partial charge on any atom is -0.337 e. The average Bonchev–Trinajstić information content (AvgIpc) is 3.18. The number of imide groups is 2. The van der Waals surface area contributed by atoms with Crippen molar-refractivity contribution >= 4 is 52.1 Å². The van der Waals surface area contributed by atoms with Crippen molar-refractivity contribution in [3.63, 3.8) is 0 Å². The number of nitrogens with zero attached hydrogens (tertiary/aromatic N) is 2. The maximum Gasteiger partial charge on any atom is 0.335 e. The SMILES string of the molecule is Cc1cccc(NC(=O)Cn2cc(/C=C3\C(=O)NC(=O)N(c4cc(C)cc(C)c4)C3=O)c3ccccc32)c1. The van der Waals surface area contributed by atoms with Crippen LogP contribution in [0.3, 0.4) is 0 Å². The molecule has 0 unspecified atom stereocenters. The van der Waals surface area contributed by atoms with Gasteiger partial charge in [-0.3, -0.25) is 19.7 Å². The number of aromatic nitrogens is 1. The van der Waals surface area contributed by atoms with Crippen LogP contribution in [0.1, 0.15) is 22.3 Å². The van der Waals surface area contributed by atoms with Crippen LogP contribution in [0.25, 0.3) is 17.0 Å². The van der Waals surface area contributed by atoms with Crippen LogP contribution in [0.4, 0.5) is 16.2 Å². The Hall–Kier alpha value is -4.98. The number of carbonyl (C=O) groups excluding carboxylic acids is 4. The second kappa shape index (κ2) is 9.82. The number of fused-ring (bicyclic) bond motifs is 1. The van der Waals surface area contributed by atoms with Gasteiger partial charge in [-0.05, 0) is 73.9 Å². The lowest BCUT2D eigenvalue weighted by atomic mass is 10.0. The van der Waals surface area contributed by atoms with Crippen molar-refractivity contribution in [1.82, 2.24) is 9.88 Å². The monoisotopic (exact) mass is 506 g/mol. The predicted octanol–water partition coefficient (Wildman–Crippen LogP) is 4.87. The maximum absolute atomic E-state index is 13.4. The number of urea groups is 1. The molecule has 0 bridgehead atoms. The minimum absolute atomic E-state index is 0.0327. The lowest BCUT2D eigenvalue weighted by Gasteiger charge is -2.26. The molecular formula is C30H26N4O4. The van der Waals surface area contributed by atoms with Crippen LogP contribution < -0.4 is 15.5 Å². The van der Waals surface area contributed by atoms with Crippen LogP contribution in [-0.4, -0.2) is 28.3 Å². The fourth-order valence-corrected chi connectivity index (χ4v) is 4.73. The smallest absolute Gasteiger partial charge is 0.335 e. The van der Waals surface area contributed by atoms with Gasteiger partial charge >= 0.3 is 6.03 Å². The molecular weight excluding hydrogens is 480 g/mol. The topological polar surface area (TPSA) is 101 Å². The Labute approximate surface area is 219 Å². The summed E-state index contributed by atoms with van der Waals surface area (Å²) in [6.45, 7) is 5.72. The predicted molar refractivity (Wildman–Crippen MR) is 147 cm³/mol. The van der Waals surface area contributed by atoms with Gasteiger partial charge in [0, 0.05) is 28.4 Å². The first kappa shape index (κ1) is 24.7. The van der Waals surface area contributed by atoms with E-state index in [1.165, 1.54) is 6.08 Å². The fraction of sp³-hybridized carbons (Fsp3) is 0.133. The van der Waals surface area contributed by atoms with E-state index >= 15 is 0 Å². The molecule has 8 heteroatoms. The van der Waals surface area contributed by atoms with Crippen LogP contribution >= 0.6 is 0 Å². The molecule has 8 nitrogen and oxygen atoms in total. The third-order valence-electron chi connectivity index (χ3n) is 6.30. The Bertz CT molecular complexity index is 1640. The highest BCUT2D eigenvalue weighted by Gasteiger charge is 2.37. The summed E-state index contributed by atoms with van der Waals surface area (Å²) in [6.07, 6.45) is 3.20. The van der Waals surface area contributed by atoms with Gasteiger partial charge in [0.15, 0.2) is 0 Å². The molecule has 0 saturated carbocycles. The van der Waals surface area contributed by atoms with Crippen molar-refractivity contribution in [3.05, 3.63) is 101 Å². The van der Waals surface area contributed by atoms with E-state index in [9.17, 15) is 19.2 Å². The van der Waals surface area contributed by atoms with Crippen molar-refractivity contribution in [2.45, 2.75) is 27.3 Å². The Morgan fingerprint density at radius 3 is 2.37 bits per heavy atom. The number of amides is 5. The van der Waals surface area contributed by atoms with Crippen LogP contribution in [-0.2, 0) is 20.9 Å². The number of barbiturate groups is 1. The number of hydrogen-bond donors (Lipinski definition) is 2. The summed E-state index contributed by atoms with van der Waals surface area (Å²) < 4.78 is 1.77. The molecule has 1 aromatic heterocycles. The zero-order valence-corrected chi connectivity index (χ0v) is 21.2. The molecule has 0 atom stereocenters. The molecule has 190 valence electrons. The van der Waals surface area contributed by atoms with E-state index in [-0.39, 0.29) is 18.0 Å². The van der Waals surface area contributed by atoms with Gasteiger partial charge < -0.3 is 9.88 Å². The number of para-hydroxylation sites is 1. The standard InChI is InChI=1S/C30H26N4O4/c1-18-7-6-8-22(12-18)31-27(35)17-33-16-21(24-9-4-5-10-26(24)33)15-25-28(36)32-30(38)34(29(25)37)23-13-19(2)11-20(3)14-23/h4-16H,17H2,1-3H3,(H,31,35)(H,32,36,38)/b25-15+. The summed E-state index contributed by atoms with van der Waals surface area (Å²) in [5.74, 6) is -1.69. The molecule has 1 aliphatic heterocycles. The molecule has 4 aromatic rings. The van der Waals surface area contributed by atoms with Crippen LogP contribution in [0.5, 0.6) is 0 Å². The fourth-order valence-electron chi connectivity index (χ4n) is 4.73. The summed E-state index contributed by atoms with van der Waals surface area (Å²) in [5.41, 5.74) is 5.07. The molecule has 2 N–H and O–H groups in total. The van der Waals surface area contributed by atoms with Gasteiger partial charge in [-0.1, -0.05) is 36.4 Å². The van der Waals surface area contributed by atoms with E-state index in [1.807, 2.05) is 75.4 Å². The number of anilines is 2.